The van der Waals surface area contributed by atoms with E-state index in [4.69, 9.17) is 0 Å². The molecule has 1 aliphatic heterocycles. The molecular weight excluding hydrogens is 212 g/mol. The van der Waals surface area contributed by atoms with Gasteiger partial charge in [-0.2, -0.15) is 0 Å². The van der Waals surface area contributed by atoms with Crippen molar-refractivity contribution in [1.29, 1.82) is 0 Å². The zero-order chi connectivity index (χ0) is 11.8. The van der Waals surface area contributed by atoms with Gasteiger partial charge in [-0.05, 0) is 57.0 Å². The van der Waals surface area contributed by atoms with E-state index < -0.39 is 0 Å². The molecule has 2 saturated carbocycles. The van der Waals surface area contributed by atoms with Crippen LogP contribution in [0.2, 0.25) is 0 Å². The summed E-state index contributed by atoms with van der Waals surface area (Å²) in [5.41, 5.74) is 0. The molecule has 1 saturated heterocycles. The molecule has 0 aromatic carbocycles. The Morgan fingerprint density at radius 1 is 1.29 bits per heavy atom. The molecule has 3 fully saturated rings. The third kappa shape index (κ3) is 2.49. The number of nitrogens with zero attached hydrogens (tertiary/aromatic N) is 1. The van der Waals surface area contributed by atoms with E-state index in [9.17, 15) is 4.79 Å². The first kappa shape index (κ1) is 11.5. The third-order valence-corrected chi connectivity index (χ3v) is 4.91. The first-order chi connectivity index (χ1) is 8.26. The van der Waals surface area contributed by atoms with Crippen molar-refractivity contribution in [2.75, 3.05) is 19.6 Å². The summed E-state index contributed by atoms with van der Waals surface area (Å²) in [4.78, 5) is 14.6. The maximum atomic E-state index is 12.1. The number of carbonyl (C=O) groups is 1. The molecule has 3 nitrogen and oxygen atoms in total. The van der Waals surface area contributed by atoms with Crippen LogP contribution in [0.4, 0.5) is 0 Å². The van der Waals surface area contributed by atoms with Gasteiger partial charge in [0.15, 0.2) is 0 Å². The number of likely N-dealkylation sites (tertiary alicyclic amines) is 1. The minimum Gasteiger partial charge on any atom is -0.352 e. The lowest BCUT2D eigenvalue weighted by Crippen LogP contribution is -2.48. The summed E-state index contributed by atoms with van der Waals surface area (Å²) in [6.45, 7) is 5.58. The fourth-order valence-electron chi connectivity index (χ4n) is 3.71. The summed E-state index contributed by atoms with van der Waals surface area (Å²) in [7, 11) is 0. The van der Waals surface area contributed by atoms with Gasteiger partial charge < -0.3 is 10.2 Å². The van der Waals surface area contributed by atoms with Crippen molar-refractivity contribution in [2.24, 2.45) is 17.8 Å². The van der Waals surface area contributed by atoms with Crippen LogP contribution in [0, 0.1) is 17.8 Å². The highest BCUT2D eigenvalue weighted by atomic mass is 16.2. The van der Waals surface area contributed by atoms with Crippen molar-refractivity contribution in [1.82, 2.24) is 10.2 Å². The van der Waals surface area contributed by atoms with E-state index in [2.05, 4.69) is 17.1 Å². The van der Waals surface area contributed by atoms with Crippen molar-refractivity contribution in [3.8, 4) is 0 Å². The smallest absolute Gasteiger partial charge is 0.223 e. The first-order valence-corrected chi connectivity index (χ1v) is 7.29. The van der Waals surface area contributed by atoms with Crippen LogP contribution < -0.4 is 5.32 Å². The lowest BCUT2D eigenvalue weighted by Gasteiger charge is -2.32. The number of fused-ring (bicyclic) bond motifs is 1. The van der Waals surface area contributed by atoms with Crippen molar-refractivity contribution < 1.29 is 4.79 Å². The van der Waals surface area contributed by atoms with Crippen LogP contribution in [-0.4, -0.2) is 36.5 Å². The highest BCUT2D eigenvalue weighted by Gasteiger charge is 2.48. The molecule has 1 heterocycles. The van der Waals surface area contributed by atoms with Gasteiger partial charge in [-0.1, -0.05) is 6.92 Å². The molecule has 0 aromatic heterocycles. The lowest BCUT2D eigenvalue weighted by atomic mass is 10.0. The molecule has 96 valence electrons. The Morgan fingerprint density at radius 3 is 2.76 bits per heavy atom. The SMILES string of the molecule is CCN1CCCC(NC(=O)C2CC3CC3C2)C1. The van der Waals surface area contributed by atoms with Crippen molar-refractivity contribution in [3.05, 3.63) is 0 Å². The Balaban J connectivity index is 1.47. The summed E-state index contributed by atoms with van der Waals surface area (Å²) < 4.78 is 0. The Morgan fingerprint density at radius 2 is 2.06 bits per heavy atom. The molecular formula is C14H24N2O. The Hall–Kier alpha value is -0.570. The molecule has 2 aliphatic carbocycles. The number of hydrogen-bond acceptors (Lipinski definition) is 2. The first-order valence-electron chi connectivity index (χ1n) is 7.29. The maximum absolute atomic E-state index is 12.1. The van der Waals surface area contributed by atoms with E-state index in [1.165, 1.54) is 38.6 Å². The number of rotatable bonds is 3. The van der Waals surface area contributed by atoms with E-state index in [1.807, 2.05) is 0 Å². The van der Waals surface area contributed by atoms with Crippen molar-refractivity contribution >= 4 is 5.91 Å². The van der Waals surface area contributed by atoms with Crippen LogP contribution in [0.3, 0.4) is 0 Å². The van der Waals surface area contributed by atoms with Gasteiger partial charge in [0.1, 0.15) is 0 Å². The van der Waals surface area contributed by atoms with Gasteiger partial charge in [0, 0.05) is 18.5 Å². The van der Waals surface area contributed by atoms with Gasteiger partial charge in [-0.15, -0.1) is 0 Å². The average molecular weight is 236 g/mol. The van der Waals surface area contributed by atoms with E-state index in [-0.39, 0.29) is 0 Å². The van der Waals surface area contributed by atoms with Crippen molar-refractivity contribution in [3.63, 3.8) is 0 Å². The van der Waals surface area contributed by atoms with Gasteiger partial charge in [0.05, 0.1) is 0 Å². The molecule has 3 atom stereocenters. The minimum atomic E-state index is 0.343. The van der Waals surface area contributed by atoms with Crippen molar-refractivity contribution in [2.45, 2.75) is 45.1 Å². The molecule has 3 heteroatoms. The summed E-state index contributed by atoms with van der Waals surface area (Å²) in [6, 6.07) is 0.410. The minimum absolute atomic E-state index is 0.343. The van der Waals surface area contributed by atoms with E-state index in [0.29, 0.717) is 17.9 Å². The molecule has 0 radical (unpaired) electrons. The molecule has 1 N–H and O–H groups in total. The zero-order valence-corrected chi connectivity index (χ0v) is 10.8. The Labute approximate surface area is 104 Å². The number of nitrogens with one attached hydrogen (secondary N) is 1. The topological polar surface area (TPSA) is 32.3 Å². The fraction of sp³-hybridized carbons (Fsp3) is 0.929. The predicted octanol–water partition coefficient (Wildman–Crippen LogP) is 1.63. The van der Waals surface area contributed by atoms with E-state index in [0.717, 1.165) is 24.9 Å². The molecule has 17 heavy (non-hydrogen) atoms. The normalized spacial score (nSPS) is 41.0. The van der Waals surface area contributed by atoms with Crippen LogP contribution >= 0.6 is 0 Å². The van der Waals surface area contributed by atoms with Gasteiger partial charge in [0.2, 0.25) is 5.91 Å². The molecule has 3 unspecified atom stereocenters. The molecule has 0 aromatic rings. The van der Waals surface area contributed by atoms with Gasteiger partial charge in [0.25, 0.3) is 0 Å². The Bertz CT molecular complexity index is 295. The standard InChI is InChI=1S/C14H24N2O/c1-2-16-5-3-4-13(9-16)15-14(17)12-7-10-6-11(10)8-12/h10-13H,2-9H2,1H3,(H,15,17). The molecule has 0 spiro atoms. The van der Waals surface area contributed by atoms with Crippen LogP contribution in [0.15, 0.2) is 0 Å². The lowest BCUT2D eigenvalue weighted by molar-refractivity contribution is -0.126. The summed E-state index contributed by atoms with van der Waals surface area (Å²) in [5.74, 6) is 2.50. The predicted molar refractivity (Wildman–Crippen MR) is 67.6 cm³/mol. The number of hydrogen-bond donors (Lipinski definition) is 1. The number of carbonyl (C=O) groups excluding carboxylic acids is 1. The third-order valence-electron chi connectivity index (χ3n) is 4.91. The second-order valence-electron chi connectivity index (χ2n) is 6.17. The van der Waals surface area contributed by atoms with Crippen LogP contribution in [0.5, 0.6) is 0 Å². The summed E-state index contributed by atoms with van der Waals surface area (Å²) >= 11 is 0. The van der Waals surface area contributed by atoms with Gasteiger partial charge in [-0.3, -0.25) is 4.79 Å². The van der Waals surface area contributed by atoms with Crippen LogP contribution in [0.1, 0.15) is 39.0 Å². The second-order valence-corrected chi connectivity index (χ2v) is 6.17. The second kappa shape index (κ2) is 4.60. The zero-order valence-electron chi connectivity index (χ0n) is 10.8. The molecule has 0 bridgehead atoms. The number of amides is 1. The van der Waals surface area contributed by atoms with E-state index in [1.54, 1.807) is 0 Å². The fourth-order valence-corrected chi connectivity index (χ4v) is 3.71. The number of likely N-dealkylation sites (N-methyl/N-ethyl adjacent to an activating group) is 1. The van der Waals surface area contributed by atoms with Crippen LogP contribution in [-0.2, 0) is 4.79 Å². The quantitative estimate of drug-likeness (QED) is 0.808. The van der Waals surface area contributed by atoms with Gasteiger partial charge in [-0.25, -0.2) is 0 Å². The summed E-state index contributed by atoms with van der Waals surface area (Å²) in [5, 5.41) is 3.29. The highest BCUT2D eigenvalue weighted by molar-refractivity contribution is 5.79. The maximum Gasteiger partial charge on any atom is 0.223 e. The Kier molecular flexibility index (Phi) is 3.12. The molecule has 3 rings (SSSR count). The largest absolute Gasteiger partial charge is 0.352 e. The monoisotopic (exact) mass is 236 g/mol. The number of piperidine rings is 1. The highest BCUT2D eigenvalue weighted by Crippen LogP contribution is 2.54. The van der Waals surface area contributed by atoms with Crippen LogP contribution in [0.25, 0.3) is 0 Å². The molecule has 1 amide bonds. The molecule has 3 aliphatic rings. The van der Waals surface area contributed by atoms with Gasteiger partial charge >= 0.3 is 0 Å². The summed E-state index contributed by atoms with van der Waals surface area (Å²) in [6.07, 6.45) is 6.13. The average Bonchev–Trinajstić information content (AvgIpc) is 2.96. The van der Waals surface area contributed by atoms with E-state index >= 15 is 0 Å².